The summed E-state index contributed by atoms with van der Waals surface area (Å²) in [5.74, 6) is 2.05. The molecule has 0 bridgehead atoms. The van der Waals surface area contributed by atoms with Crippen molar-refractivity contribution in [3.05, 3.63) is 40.5 Å². The molecule has 0 aliphatic carbocycles. The van der Waals surface area contributed by atoms with E-state index in [1.807, 2.05) is 59.7 Å². The molecule has 6 heteroatoms. The van der Waals surface area contributed by atoms with Crippen molar-refractivity contribution in [2.24, 2.45) is 0 Å². The van der Waals surface area contributed by atoms with Gasteiger partial charge in [-0.25, -0.2) is 0 Å². The highest BCUT2D eigenvalue weighted by atomic mass is 32.1. The highest BCUT2D eigenvalue weighted by Crippen LogP contribution is 2.47. The summed E-state index contributed by atoms with van der Waals surface area (Å²) in [6.07, 6.45) is 0. The number of para-hydroxylation sites is 1. The second-order valence-electron chi connectivity index (χ2n) is 5.13. The fourth-order valence-electron chi connectivity index (χ4n) is 2.64. The van der Waals surface area contributed by atoms with E-state index in [0.29, 0.717) is 17.2 Å². The quantitative estimate of drug-likeness (QED) is 0.427. The van der Waals surface area contributed by atoms with Crippen LogP contribution in [0.25, 0.3) is 11.1 Å². The molecule has 0 spiro atoms. The predicted octanol–water partition coefficient (Wildman–Crippen LogP) is 6.28. The molecule has 0 saturated carbocycles. The average molecular weight is 385 g/mol. The lowest BCUT2D eigenvalue weighted by molar-refractivity contribution is 0.622. The summed E-state index contributed by atoms with van der Waals surface area (Å²) in [6.45, 7) is 11.8. The molecule has 2 aromatic rings. The first-order valence-corrected chi connectivity index (χ1v) is 8.75. The molecular formula is C18H24O3S3. The van der Waals surface area contributed by atoms with Gasteiger partial charge in [0.1, 0.15) is 17.2 Å². The zero-order chi connectivity index (χ0) is 18.4. The molecule has 132 valence electrons. The highest BCUT2D eigenvalue weighted by Gasteiger charge is 2.23. The first kappa shape index (κ1) is 20.9. The predicted molar refractivity (Wildman–Crippen MR) is 111 cm³/mol. The molecule has 0 N–H and O–H groups in total. The molecule has 24 heavy (non-hydrogen) atoms. The topological polar surface area (TPSA) is 27.7 Å². The van der Waals surface area contributed by atoms with Crippen molar-refractivity contribution in [3.63, 3.8) is 0 Å². The Balaban J connectivity index is 0.00000139. The Kier molecular flexibility index (Phi) is 8.19. The van der Waals surface area contributed by atoms with Gasteiger partial charge < -0.3 is 12.5 Å². The van der Waals surface area contributed by atoms with Crippen LogP contribution in [0.4, 0.5) is 0 Å². The van der Waals surface area contributed by atoms with Gasteiger partial charge in [-0.3, -0.25) is 0 Å². The summed E-state index contributed by atoms with van der Waals surface area (Å²) in [6, 6.07) is 5.87. The van der Waals surface area contributed by atoms with Crippen molar-refractivity contribution in [2.45, 2.75) is 41.5 Å². The average Bonchev–Trinajstić information content (AvgIpc) is 2.60. The SMILES string of the molecule is CC.Cc1cccc(-c2c(C)c(OS)c(C)c(C)c2OS)c1OS. The first-order valence-electron chi connectivity index (χ1n) is 7.65. The second kappa shape index (κ2) is 9.39. The van der Waals surface area contributed by atoms with Crippen molar-refractivity contribution < 1.29 is 12.5 Å². The van der Waals surface area contributed by atoms with Gasteiger partial charge in [-0.1, -0.05) is 32.0 Å². The lowest BCUT2D eigenvalue weighted by Gasteiger charge is -2.21. The minimum Gasteiger partial charge on any atom is -0.428 e. The van der Waals surface area contributed by atoms with Gasteiger partial charge in [-0.15, -0.1) is 0 Å². The molecule has 0 amide bonds. The van der Waals surface area contributed by atoms with Crippen LogP contribution in [0.2, 0.25) is 0 Å². The Hall–Kier alpha value is -1.11. The first-order chi connectivity index (χ1) is 11.5. The Morgan fingerprint density at radius 3 is 1.67 bits per heavy atom. The van der Waals surface area contributed by atoms with E-state index in [4.69, 9.17) is 12.5 Å². The molecule has 0 radical (unpaired) electrons. The van der Waals surface area contributed by atoms with Crippen LogP contribution in [-0.2, 0) is 0 Å². The largest absolute Gasteiger partial charge is 0.428 e. The zero-order valence-corrected chi connectivity index (χ0v) is 17.5. The van der Waals surface area contributed by atoms with Crippen LogP contribution >= 0.6 is 38.7 Å². The van der Waals surface area contributed by atoms with Crippen molar-refractivity contribution in [3.8, 4) is 28.4 Å². The number of aryl methyl sites for hydroxylation is 1. The third-order valence-electron chi connectivity index (χ3n) is 3.94. The van der Waals surface area contributed by atoms with Crippen LogP contribution in [0, 0.1) is 27.7 Å². The molecule has 0 atom stereocenters. The summed E-state index contributed by atoms with van der Waals surface area (Å²) in [4.78, 5) is 0. The van der Waals surface area contributed by atoms with Crippen molar-refractivity contribution >= 4 is 38.7 Å². The third-order valence-corrected chi connectivity index (χ3v) is 4.49. The van der Waals surface area contributed by atoms with Crippen LogP contribution in [0.1, 0.15) is 36.1 Å². The van der Waals surface area contributed by atoms with E-state index in [1.165, 1.54) is 0 Å². The van der Waals surface area contributed by atoms with Gasteiger partial charge in [0.15, 0.2) is 0 Å². The third kappa shape index (κ3) is 3.76. The Morgan fingerprint density at radius 2 is 1.17 bits per heavy atom. The minimum absolute atomic E-state index is 0.671. The molecule has 2 aromatic carbocycles. The van der Waals surface area contributed by atoms with Gasteiger partial charge in [0.2, 0.25) is 0 Å². The monoisotopic (exact) mass is 384 g/mol. The molecule has 0 saturated heterocycles. The number of thiol groups is 3. The van der Waals surface area contributed by atoms with Crippen molar-refractivity contribution in [2.75, 3.05) is 0 Å². The highest BCUT2D eigenvalue weighted by molar-refractivity contribution is 7.75. The molecule has 0 heterocycles. The molecular weight excluding hydrogens is 360 g/mol. The Bertz CT molecular complexity index is 715. The van der Waals surface area contributed by atoms with E-state index >= 15 is 0 Å². The van der Waals surface area contributed by atoms with Crippen molar-refractivity contribution in [1.82, 2.24) is 0 Å². The summed E-state index contributed by atoms with van der Waals surface area (Å²) in [7, 11) is 0. The van der Waals surface area contributed by atoms with Crippen LogP contribution < -0.4 is 12.5 Å². The standard InChI is InChI=1S/C16H18O3S3.C2H6/c1-8-6-5-7-12(14(8)17-20)13-11(4)15(18-21)9(2)10(3)16(13)19-22;1-2/h5-7,20-22H,1-4H3;1-2H3. The number of hydrogen-bond acceptors (Lipinski definition) is 6. The van der Waals surface area contributed by atoms with E-state index in [1.54, 1.807) is 0 Å². The van der Waals surface area contributed by atoms with E-state index in [-0.39, 0.29) is 0 Å². The molecule has 0 aliphatic rings. The summed E-state index contributed by atoms with van der Waals surface area (Å²) >= 11 is 12.0. The van der Waals surface area contributed by atoms with E-state index in [9.17, 15) is 0 Å². The van der Waals surface area contributed by atoms with E-state index in [0.717, 1.165) is 33.4 Å². The van der Waals surface area contributed by atoms with Crippen LogP contribution in [-0.4, -0.2) is 0 Å². The zero-order valence-electron chi connectivity index (χ0n) is 14.8. The lowest BCUT2D eigenvalue weighted by Crippen LogP contribution is -1.99. The van der Waals surface area contributed by atoms with E-state index in [2.05, 4.69) is 38.7 Å². The van der Waals surface area contributed by atoms with Gasteiger partial charge >= 0.3 is 0 Å². The Labute approximate surface area is 161 Å². The lowest BCUT2D eigenvalue weighted by atomic mass is 9.91. The van der Waals surface area contributed by atoms with Crippen LogP contribution in [0.5, 0.6) is 17.2 Å². The van der Waals surface area contributed by atoms with Gasteiger partial charge in [0.05, 0.1) is 0 Å². The summed E-state index contributed by atoms with van der Waals surface area (Å²) in [5.41, 5.74) is 5.50. The summed E-state index contributed by atoms with van der Waals surface area (Å²) < 4.78 is 15.9. The smallest absolute Gasteiger partial charge is 0.148 e. The molecule has 2 rings (SSSR count). The number of rotatable bonds is 4. The fraction of sp³-hybridized carbons (Fsp3) is 0.333. The summed E-state index contributed by atoms with van der Waals surface area (Å²) in [5, 5.41) is 0. The van der Waals surface area contributed by atoms with Gasteiger partial charge in [-0.05, 0) is 44.4 Å². The maximum absolute atomic E-state index is 5.36. The van der Waals surface area contributed by atoms with Gasteiger partial charge in [0.25, 0.3) is 0 Å². The molecule has 0 aromatic heterocycles. The van der Waals surface area contributed by atoms with Crippen molar-refractivity contribution in [1.29, 1.82) is 0 Å². The molecule has 0 fully saturated rings. The fourth-order valence-corrected chi connectivity index (χ4v) is 3.38. The molecule has 0 unspecified atom stereocenters. The minimum atomic E-state index is 0.671. The number of hydrogen-bond donors (Lipinski definition) is 3. The van der Waals surface area contributed by atoms with Gasteiger partial charge in [0, 0.05) is 55.4 Å². The Morgan fingerprint density at radius 1 is 0.667 bits per heavy atom. The van der Waals surface area contributed by atoms with E-state index < -0.39 is 0 Å². The van der Waals surface area contributed by atoms with Crippen LogP contribution in [0.15, 0.2) is 18.2 Å². The maximum Gasteiger partial charge on any atom is 0.148 e. The normalized spacial score (nSPS) is 9.88. The molecule has 3 nitrogen and oxygen atoms in total. The van der Waals surface area contributed by atoms with Gasteiger partial charge in [-0.2, -0.15) is 0 Å². The van der Waals surface area contributed by atoms with Crippen LogP contribution in [0.3, 0.4) is 0 Å². The second-order valence-corrected chi connectivity index (χ2v) is 5.68. The maximum atomic E-state index is 5.36. The molecule has 0 aliphatic heterocycles. The number of benzene rings is 2.